The van der Waals surface area contributed by atoms with Gasteiger partial charge in [-0.25, -0.2) is 0 Å². The first-order chi connectivity index (χ1) is 5.81. The van der Waals surface area contributed by atoms with Gasteiger partial charge >= 0.3 is 0 Å². The summed E-state index contributed by atoms with van der Waals surface area (Å²) in [5.41, 5.74) is 0. The van der Waals surface area contributed by atoms with Crippen LogP contribution in [0.25, 0.3) is 0 Å². The number of aliphatic hydroxyl groups is 1. The molecule has 1 N–H and O–H groups in total. The highest BCUT2D eigenvalue weighted by Crippen LogP contribution is 2.06. The molecule has 0 amide bonds. The monoisotopic (exact) mass is 168 g/mol. The molecule has 0 heterocycles. The minimum atomic E-state index is -0.278. The maximum atomic E-state index is 9.35. The molecule has 0 aliphatic carbocycles. The summed E-state index contributed by atoms with van der Waals surface area (Å²) < 4.78 is 0. The molecule has 1 nitrogen and oxygen atoms in total. The van der Waals surface area contributed by atoms with Crippen LogP contribution in [0.1, 0.15) is 39.0 Å². The van der Waals surface area contributed by atoms with Crippen molar-refractivity contribution in [2.75, 3.05) is 0 Å². The summed E-state index contributed by atoms with van der Waals surface area (Å²) in [6.07, 6.45) is 10.8. The number of aliphatic hydroxyl groups excluding tert-OH is 1. The Morgan fingerprint density at radius 2 is 2.08 bits per heavy atom. The first kappa shape index (κ1) is 11.4. The molecule has 1 heteroatoms. The molecule has 0 bridgehead atoms. The van der Waals surface area contributed by atoms with Crippen LogP contribution < -0.4 is 0 Å². The molecule has 0 aromatic rings. The van der Waals surface area contributed by atoms with E-state index in [0.29, 0.717) is 0 Å². The van der Waals surface area contributed by atoms with Gasteiger partial charge in [-0.05, 0) is 6.42 Å². The summed E-state index contributed by atoms with van der Waals surface area (Å²) in [5.74, 6) is 0. The zero-order valence-electron chi connectivity index (χ0n) is 8.00. The zero-order valence-corrected chi connectivity index (χ0v) is 8.00. The van der Waals surface area contributed by atoms with Gasteiger partial charge in [-0.3, -0.25) is 0 Å². The second kappa shape index (κ2) is 8.54. The fourth-order valence-electron chi connectivity index (χ4n) is 1.08. The Hall–Kier alpha value is -0.560. The average Bonchev–Trinajstić information content (AvgIpc) is 2.09. The summed E-state index contributed by atoms with van der Waals surface area (Å²) >= 11 is 0. The predicted octanol–water partition coefficient (Wildman–Crippen LogP) is 3.06. The SMILES string of the molecule is C=C/C=C\C(O)CCCCCC. The van der Waals surface area contributed by atoms with E-state index in [9.17, 15) is 5.11 Å². The molecule has 0 spiro atoms. The van der Waals surface area contributed by atoms with Gasteiger partial charge in [-0.1, -0.05) is 57.4 Å². The molecule has 0 saturated carbocycles. The Labute approximate surface area is 75.8 Å². The number of rotatable bonds is 7. The molecule has 0 fully saturated rings. The van der Waals surface area contributed by atoms with E-state index in [0.717, 1.165) is 12.8 Å². The van der Waals surface area contributed by atoms with Crippen LogP contribution in [0.2, 0.25) is 0 Å². The lowest BCUT2D eigenvalue weighted by atomic mass is 10.1. The highest BCUT2D eigenvalue weighted by Gasteiger charge is 1.96. The van der Waals surface area contributed by atoms with Gasteiger partial charge in [-0.2, -0.15) is 0 Å². The van der Waals surface area contributed by atoms with E-state index in [1.807, 2.05) is 0 Å². The molecule has 1 atom stereocenters. The molecule has 0 aliphatic rings. The molecule has 0 aliphatic heterocycles. The second-order valence-corrected chi connectivity index (χ2v) is 3.04. The van der Waals surface area contributed by atoms with E-state index >= 15 is 0 Å². The fourth-order valence-corrected chi connectivity index (χ4v) is 1.08. The smallest absolute Gasteiger partial charge is 0.0723 e. The van der Waals surface area contributed by atoms with Crippen molar-refractivity contribution in [3.05, 3.63) is 24.8 Å². The standard InChI is InChI=1S/C11H20O/c1-3-5-7-8-10-11(12)9-6-4-2/h4,6,9,11-12H,2-3,5,7-8,10H2,1H3/b9-6-. The van der Waals surface area contributed by atoms with Gasteiger partial charge < -0.3 is 5.11 Å². The highest BCUT2D eigenvalue weighted by atomic mass is 16.3. The Morgan fingerprint density at radius 3 is 2.67 bits per heavy atom. The minimum absolute atomic E-state index is 0.278. The van der Waals surface area contributed by atoms with Gasteiger partial charge in [0, 0.05) is 0 Å². The van der Waals surface area contributed by atoms with E-state index in [4.69, 9.17) is 0 Å². The van der Waals surface area contributed by atoms with Crippen LogP contribution >= 0.6 is 0 Å². The molecule has 0 rings (SSSR count). The van der Waals surface area contributed by atoms with Crippen LogP contribution in [0.3, 0.4) is 0 Å². The second-order valence-electron chi connectivity index (χ2n) is 3.04. The van der Waals surface area contributed by atoms with Crippen molar-refractivity contribution in [2.24, 2.45) is 0 Å². The fraction of sp³-hybridized carbons (Fsp3) is 0.636. The third-order valence-corrected chi connectivity index (χ3v) is 1.82. The zero-order chi connectivity index (χ0) is 9.23. The van der Waals surface area contributed by atoms with Gasteiger partial charge in [0.05, 0.1) is 6.10 Å². The van der Waals surface area contributed by atoms with Crippen molar-refractivity contribution in [2.45, 2.75) is 45.1 Å². The van der Waals surface area contributed by atoms with Gasteiger partial charge in [0.15, 0.2) is 0 Å². The maximum Gasteiger partial charge on any atom is 0.0723 e. The number of allylic oxidation sites excluding steroid dienone is 2. The van der Waals surface area contributed by atoms with Crippen molar-refractivity contribution in [3.8, 4) is 0 Å². The van der Waals surface area contributed by atoms with Crippen LogP contribution in [0.5, 0.6) is 0 Å². The molecule has 1 unspecified atom stereocenters. The van der Waals surface area contributed by atoms with Gasteiger partial charge in [0.1, 0.15) is 0 Å². The first-order valence-corrected chi connectivity index (χ1v) is 4.78. The Bertz CT molecular complexity index is 127. The van der Waals surface area contributed by atoms with Crippen molar-refractivity contribution in [3.63, 3.8) is 0 Å². The van der Waals surface area contributed by atoms with Crippen molar-refractivity contribution in [1.82, 2.24) is 0 Å². The average molecular weight is 168 g/mol. The molecule has 12 heavy (non-hydrogen) atoms. The molecular formula is C11H20O. The molecular weight excluding hydrogens is 148 g/mol. The van der Waals surface area contributed by atoms with Crippen LogP contribution in [0.15, 0.2) is 24.8 Å². The summed E-state index contributed by atoms with van der Waals surface area (Å²) in [4.78, 5) is 0. The molecule has 0 aromatic heterocycles. The van der Waals surface area contributed by atoms with Gasteiger partial charge in [-0.15, -0.1) is 0 Å². The molecule has 0 saturated heterocycles. The topological polar surface area (TPSA) is 20.2 Å². The molecule has 70 valence electrons. The highest BCUT2D eigenvalue weighted by molar-refractivity contribution is 5.00. The van der Waals surface area contributed by atoms with Gasteiger partial charge in [0.2, 0.25) is 0 Å². The van der Waals surface area contributed by atoms with E-state index in [1.165, 1.54) is 19.3 Å². The Balaban J connectivity index is 3.24. The van der Waals surface area contributed by atoms with Crippen molar-refractivity contribution in [1.29, 1.82) is 0 Å². The number of hydrogen-bond donors (Lipinski definition) is 1. The number of unbranched alkanes of at least 4 members (excludes halogenated alkanes) is 3. The van der Waals surface area contributed by atoms with E-state index < -0.39 is 0 Å². The number of hydrogen-bond acceptors (Lipinski definition) is 1. The predicted molar refractivity (Wildman–Crippen MR) is 54.1 cm³/mol. The van der Waals surface area contributed by atoms with E-state index in [1.54, 1.807) is 18.2 Å². The third-order valence-electron chi connectivity index (χ3n) is 1.82. The van der Waals surface area contributed by atoms with Crippen molar-refractivity contribution < 1.29 is 5.11 Å². The first-order valence-electron chi connectivity index (χ1n) is 4.78. The van der Waals surface area contributed by atoms with Gasteiger partial charge in [0.25, 0.3) is 0 Å². The lowest BCUT2D eigenvalue weighted by Crippen LogP contribution is -2.00. The normalized spacial score (nSPS) is 13.5. The minimum Gasteiger partial charge on any atom is -0.389 e. The summed E-state index contributed by atoms with van der Waals surface area (Å²) in [7, 11) is 0. The lowest BCUT2D eigenvalue weighted by Gasteiger charge is -2.03. The van der Waals surface area contributed by atoms with Crippen LogP contribution in [0.4, 0.5) is 0 Å². The Kier molecular flexibility index (Phi) is 8.14. The molecule has 0 aromatic carbocycles. The lowest BCUT2D eigenvalue weighted by molar-refractivity contribution is 0.208. The maximum absolute atomic E-state index is 9.35. The summed E-state index contributed by atoms with van der Waals surface area (Å²) in [6.45, 7) is 5.73. The largest absolute Gasteiger partial charge is 0.389 e. The van der Waals surface area contributed by atoms with Crippen molar-refractivity contribution >= 4 is 0 Å². The summed E-state index contributed by atoms with van der Waals surface area (Å²) in [6, 6.07) is 0. The van der Waals surface area contributed by atoms with Crippen LogP contribution in [-0.4, -0.2) is 11.2 Å². The van der Waals surface area contributed by atoms with Crippen LogP contribution in [-0.2, 0) is 0 Å². The summed E-state index contributed by atoms with van der Waals surface area (Å²) in [5, 5.41) is 9.35. The molecule has 0 radical (unpaired) electrons. The quantitative estimate of drug-likeness (QED) is 0.457. The van der Waals surface area contributed by atoms with Crippen LogP contribution in [0, 0.1) is 0 Å². The third kappa shape index (κ3) is 7.55. The Morgan fingerprint density at radius 1 is 1.33 bits per heavy atom. The van der Waals surface area contributed by atoms with E-state index in [2.05, 4.69) is 13.5 Å². The van der Waals surface area contributed by atoms with E-state index in [-0.39, 0.29) is 6.10 Å².